The molecule has 0 radical (unpaired) electrons. The lowest BCUT2D eigenvalue weighted by atomic mass is 10.1. The highest BCUT2D eigenvalue weighted by molar-refractivity contribution is 5.94. The van der Waals surface area contributed by atoms with E-state index in [2.05, 4.69) is 9.72 Å². The topological polar surface area (TPSA) is 64.4 Å². The molecule has 2 aromatic rings. The van der Waals surface area contributed by atoms with E-state index in [1.165, 1.54) is 12.0 Å². The highest BCUT2D eigenvalue weighted by Crippen LogP contribution is 2.18. The number of carbonyl (C=O) groups excluding carboxylic acids is 2. The lowest BCUT2D eigenvalue weighted by Gasteiger charge is -2.25. The molecule has 1 heterocycles. The van der Waals surface area contributed by atoms with E-state index in [1.54, 1.807) is 30.2 Å². The van der Waals surface area contributed by atoms with Crippen molar-refractivity contribution in [2.45, 2.75) is 19.9 Å². The number of rotatable bonds is 8. The number of halogens is 3. The molecule has 1 atom stereocenters. The highest BCUT2D eigenvalue weighted by Gasteiger charge is 2.26. The lowest BCUT2D eigenvalue weighted by molar-refractivity contribution is -0.145. The molecule has 0 aliphatic heterocycles. The number of ether oxygens (including phenoxy) is 1. The second-order valence-electron chi connectivity index (χ2n) is 6.05. The molecule has 6 nitrogen and oxygen atoms in total. The first-order valence-electron chi connectivity index (χ1n) is 8.31. The molecule has 0 fully saturated rings. The Hall–Kier alpha value is -2.84. The van der Waals surface area contributed by atoms with E-state index in [1.807, 2.05) is 0 Å². The minimum Gasteiger partial charge on any atom is -0.469 e. The minimum absolute atomic E-state index is 0.0477. The summed E-state index contributed by atoms with van der Waals surface area (Å²) in [5, 5.41) is 0. The number of esters is 1. The standard InChI is InChI=1S/C18H20F3N3O3/c1-12(18(26)27-2)10-24(8-3-7-23-9-6-22-11-23)17(25)13-4-5-14(19)16(21)15(13)20/h4-6,9,11-12H,3,7-8,10H2,1-2H3. The Labute approximate surface area is 154 Å². The van der Waals surface area contributed by atoms with E-state index in [4.69, 9.17) is 0 Å². The normalized spacial score (nSPS) is 11.9. The van der Waals surface area contributed by atoms with Crippen LogP contribution in [0.4, 0.5) is 13.2 Å². The van der Waals surface area contributed by atoms with Crippen LogP contribution in [0.5, 0.6) is 0 Å². The molecule has 0 aliphatic rings. The number of methoxy groups -OCH3 is 1. The van der Waals surface area contributed by atoms with Crippen molar-refractivity contribution in [3.63, 3.8) is 0 Å². The monoisotopic (exact) mass is 383 g/mol. The fourth-order valence-electron chi connectivity index (χ4n) is 2.61. The molecule has 0 saturated carbocycles. The Bertz CT molecular complexity index is 797. The molecule has 2 rings (SSSR count). The number of carbonyl (C=O) groups is 2. The van der Waals surface area contributed by atoms with Gasteiger partial charge in [0, 0.05) is 32.0 Å². The maximum absolute atomic E-state index is 14.0. The number of aryl methyl sites for hydroxylation is 1. The van der Waals surface area contributed by atoms with E-state index in [0.29, 0.717) is 19.0 Å². The lowest BCUT2D eigenvalue weighted by Crippen LogP contribution is -2.38. The van der Waals surface area contributed by atoms with Crippen LogP contribution in [-0.4, -0.2) is 46.5 Å². The van der Waals surface area contributed by atoms with Crippen LogP contribution in [-0.2, 0) is 16.1 Å². The Morgan fingerprint density at radius 1 is 1.26 bits per heavy atom. The zero-order valence-corrected chi connectivity index (χ0v) is 15.0. The summed E-state index contributed by atoms with van der Waals surface area (Å²) >= 11 is 0. The van der Waals surface area contributed by atoms with Crippen molar-refractivity contribution in [2.75, 3.05) is 20.2 Å². The van der Waals surface area contributed by atoms with Gasteiger partial charge >= 0.3 is 5.97 Å². The molecule has 0 bridgehead atoms. The number of hydrogen-bond acceptors (Lipinski definition) is 4. The van der Waals surface area contributed by atoms with Gasteiger partial charge in [0.1, 0.15) is 0 Å². The second kappa shape index (κ2) is 9.20. The molecule has 146 valence electrons. The van der Waals surface area contributed by atoms with Crippen LogP contribution < -0.4 is 0 Å². The minimum atomic E-state index is -1.71. The van der Waals surface area contributed by atoms with Crippen molar-refractivity contribution in [3.05, 3.63) is 53.9 Å². The first-order chi connectivity index (χ1) is 12.8. The van der Waals surface area contributed by atoms with Gasteiger partial charge < -0.3 is 14.2 Å². The van der Waals surface area contributed by atoms with E-state index < -0.39 is 40.8 Å². The van der Waals surface area contributed by atoms with Crippen LogP contribution in [0.3, 0.4) is 0 Å². The van der Waals surface area contributed by atoms with Gasteiger partial charge in [0.2, 0.25) is 0 Å². The van der Waals surface area contributed by atoms with Crippen molar-refractivity contribution < 1.29 is 27.5 Å². The molecule has 1 aromatic carbocycles. The van der Waals surface area contributed by atoms with Gasteiger partial charge in [0.25, 0.3) is 5.91 Å². The molecule has 27 heavy (non-hydrogen) atoms. The number of aromatic nitrogens is 2. The molecule has 1 unspecified atom stereocenters. The third kappa shape index (κ3) is 5.08. The van der Waals surface area contributed by atoms with Gasteiger partial charge in [-0.3, -0.25) is 9.59 Å². The Kier molecular flexibility index (Phi) is 6.98. The van der Waals surface area contributed by atoms with Gasteiger partial charge in [-0.1, -0.05) is 6.92 Å². The van der Waals surface area contributed by atoms with Crippen molar-refractivity contribution >= 4 is 11.9 Å². The predicted octanol–water partition coefficient (Wildman–Crippen LogP) is 2.64. The van der Waals surface area contributed by atoms with Gasteiger partial charge in [-0.2, -0.15) is 0 Å². The van der Waals surface area contributed by atoms with Crippen LogP contribution in [0, 0.1) is 23.4 Å². The van der Waals surface area contributed by atoms with Gasteiger partial charge in [-0.25, -0.2) is 18.2 Å². The van der Waals surface area contributed by atoms with Crippen molar-refractivity contribution in [1.82, 2.24) is 14.5 Å². The van der Waals surface area contributed by atoms with Crippen LogP contribution in [0.25, 0.3) is 0 Å². The van der Waals surface area contributed by atoms with Gasteiger partial charge in [-0.05, 0) is 18.6 Å². The van der Waals surface area contributed by atoms with Crippen LogP contribution in [0.2, 0.25) is 0 Å². The van der Waals surface area contributed by atoms with Crippen LogP contribution >= 0.6 is 0 Å². The Morgan fingerprint density at radius 2 is 2.00 bits per heavy atom. The summed E-state index contributed by atoms with van der Waals surface area (Å²) in [5.74, 6) is -6.66. The average molecular weight is 383 g/mol. The fourth-order valence-corrected chi connectivity index (χ4v) is 2.61. The SMILES string of the molecule is COC(=O)C(C)CN(CCCn1ccnc1)C(=O)c1ccc(F)c(F)c1F. The molecule has 0 saturated heterocycles. The zero-order valence-electron chi connectivity index (χ0n) is 15.0. The number of amides is 1. The van der Waals surface area contributed by atoms with Gasteiger partial charge in [0.05, 0.1) is 24.9 Å². The third-order valence-electron chi connectivity index (χ3n) is 4.05. The first kappa shape index (κ1) is 20.5. The molecule has 0 spiro atoms. The molecule has 1 aromatic heterocycles. The molecule has 1 amide bonds. The summed E-state index contributed by atoms with van der Waals surface area (Å²) < 4.78 is 47.1. The number of benzene rings is 1. The summed E-state index contributed by atoms with van der Waals surface area (Å²) in [6, 6.07) is 1.58. The van der Waals surface area contributed by atoms with Gasteiger partial charge in [-0.15, -0.1) is 0 Å². The van der Waals surface area contributed by atoms with E-state index >= 15 is 0 Å². The fraction of sp³-hybridized carbons (Fsp3) is 0.389. The van der Waals surface area contributed by atoms with Crippen LogP contribution in [0.15, 0.2) is 30.9 Å². The number of hydrogen-bond donors (Lipinski definition) is 0. The number of imidazole rings is 1. The summed E-state index contributed by atoms with van der Waals surface area (Å²) in [4.78, 5) is 29.5. The summed E-state index contributed by atoms with van der Waals surface area (Å²) in [7, 11) is 1.22. The maximum Gasteiger partial charge on any atom is 0.310 e. The smallest absolute Gasteiger partial charge is 0.310 e. The zero-order chi connectivity index (χ0) is 20.0. The maximum atomic E-state index is 14.0. The third-order valence-corrected chi connectivity index (χ3v) is 4.05. The van der Waals surface area contributed by atoms with Crippen molar-refractivity contribution in [2.24, 2.45) is 5.92 Å². The Morgan fingerprint density at radius 3 is 2.63 bits per heavy atom. The molecular weight excluding hydrogens is 363 g/mol. The number of nitrogens with zero attached hydrogens (tertiary/aromatic N) is 3. The molecule has 0 N–H and O–H groups in total. The molecule has 0 aliphatic carbocycles. The van der Waals surface area contributed by atoms with E-state index in [-0.39, 0.29) is 13.1 Å². The van der Waals surface area contributed by atoms with Crippen LogP contribution in [0.1, 0.15) is 23.7 Å². The predicted molar refractivity (Wildman–Crippen MR) is 90.2 cm³/mol. The largest absolute Gasteiger partial charge is 0.469 e. The quantitative estimate of drug-likeness (QED) is 0.519. The Balaban J connectivity index is 2.17. The summed E-state index contributed by atoms with van der Waals surface area (Å²) in [5.41, 5.74) is -0.589. The molecule has 9 heteroatoms. The average Bonchev–Trinajstić information content (AvgIpc) is 3.17. The second-order valence-corrected chi connectivity index (χ2v) is 6.05. The van der Waals surface area contributed by atoms with E-state index in [9.17, 15) is 22.8 Å². The first-order valence-corrected chi connectivity index (χ1v) is 8.31. The summed E-state index contributed by atoms with van der Waals surface area (Å²) in [6.45, 7) is 2.23. The van der Waals surface area contributed by atoms with Crippen molar-refractivity contribution in [1.29, 1.82) is 0 Å². The van der Waals surface area contributed by atoms with Crippen molar-refractivity contribution in [3.8, 4) is 0 Å². The van der Waals surface area contributed by atoms with E-state index in [0.717, 1.165) is 6.07 Å². The highest BCUT2D eigenvalue weighted by atomic mass is 19.2. The summed E-state index contributed by atoms with van der Waals surface area (Å²) in [6.07, 6.45) is 5.46. The molecular formula is C18H20F3N3O3. The van der Waals surface area contributed by atoms with Gasteiger partial charge in [0.15, 0.2) is 17.5 Å².